The predicted octanol–water partition coefficient (Wildman–Crippen LogP) is 0.415. The fourth-order valence-corrected chi connectivity index (χ4v) is 1.40. The van der Waals surface area contributed by atoms with Gasteiger partial charge in [0, 0.05) is 19.5 Å². The zero-order valence-electron chi connectivity index (χ0n) is 5.68. The first-order valence-corrected chi connectivity index (χ1v) is 3.49. The molecule has 2 heteroatoms. The molecule has 0 radical (unpaired) electrons. The molecule has 2 rings (SSSR count). The molecule has 2 nitrogen and oxygen atoms in total. The molecular formula is C8H9NO. The molecule has 1 heterocycles. The molecule has 52 valence electrons. The van der Waals surface area contributed by atoms with Crippen molar-refractivity contribution in [2.75, 3.05) is 13.1 Å². The Kier molecular flexibility index (Phi) is 1.21. The van der Waals surface area contributed by atoms with Crippen molar-refractivity contribution in [1.82, 2.24) is 5.32 Å². The lowest BCUT2D eigenvalue weighted by atomic mass is 10.00. The summed E-state index contributed by atoms with van der Waals surface area (Å²) in [7, 11) is 0. The van der Waals surface area contributed by atoms with Gasteiger partial charge in [-0.25, -0.2) is 0 Å². The maximum absolute atomic E-state index is 10.9. The second kappa shape index (κ2) is 2.06. The maximum atomic E-state index is 10.9. The van der Waals surface area contributed by atoms with Gasteiger partial charge < -0.3 is 5.32 Å². The van der Waals surface area contributed by atoms with E-state index in [1.165, 1.54) is 11.1 Å². The third-order valence-corrected chi connectivity index (χ3v) is 1.97. The number of hydrogen-bond acceptors (Lipinski definition) is 2. The molecule has 0 spiro atoms. The molecule has 0 unspecified atom stereocenters. The first-order chi connectivity index (χ1) is 4.86. The van der Waals surface area contributed by atoms with Gasteiger partial charge in [0.2, 0.25) is 0 Å². The van der Waals surface area contributed by atoms with E-state index in [2.05, 4.69) is 5.32 Å². The van der Waals surface area contributed by atoms with E-state index in [-0.39, 0.29) is 5.78 Å². The van der Waals surface area contributed by atoms with Gasteiger partial charge in [-0.05, 0) is 17.2 Å². The Hall–Kier alpha value is -0.890. The van der Waals surface area contributed by atoms with Crippen LogP contribution in [-0.2, 0) is 4.79 Å². The molecule has 0 atom stereocenters. The lowest BCUT2D eigenvalue weighted by Crippen LogP contribution is -2.08. The van der Waals surface area contributed by atoms with E-state index in [0.717, 1.165) is 13.1 Å². The molecule has 0 amide bonds. The smallest absolute Gasteiger partial charge is 0.159 e. The zero-order valence-corrected chi connectivity index (χ0v) is 5.68. The number of allylic oxidation sites excluding steroid dienone is 1. The molecule has 2 aliphatic rings. The molecule has 10 heavy (non-hydrogen) atoms. The quantitative estimate of drug-likeness (QED) is 0.521. The van der Waals surface area contributed by atoms with E-state index in [1.807, 2.05) is 6.08 Å². The highest BCUT2D eigenvalue weighted by molar-refractivity contribution is 5.93. The third-order valence-electron chi connectivity index (χ3n) is 1.97. The average Bonchev–Trinajstić information content (AvgIpc) is 2.33. The number of carbonyl (C=O) groups excluding carboxylic acids is 1. The summed E-state index contributed by atoms with van der Waals surface area (Å²) in [5, 5.41) is 3.21. The molecule has 0 aromatic carbocycles. The van der Waals surface area contributed by atoms with E-state index < -0.39 is 0 Å². The Morgan fingerprint density at radius 2 is 2.20 bits per heavy atom. The van der Waals surface area contributed by atoms with E-state index >= 15 is 0 Å². The largest absolute Gasteiger partial charge is 0.309 e. The molecular weight excluding hydrogens is 126 g/mol. The minimum Gasteiger partial charge on any atom is -0.309 e. The van der Waals surface area contributed by atoms with Crippen LogP contribution in [0.4, 0.5) is 0 Å². The molecule has 0 saturated carbocycles. The Morgan fingerprint density at radius 3 is 3.10 bits per heavy atom. The molecule has 0 aromatic heterocycles. The van der Waals surface area contributed by atoms with Gasteiger partial charge in [0.15, 0.2) is 5.78 Å². The summed E-state index contributed by atoms with van der Waals surface area (Å²) >= 11 is 0. The summed E-state index contributed by atoms with van der Waals surface area (Å²) in [5.41, 5.74) is 2.60. The van der Waals surface area contributed by atoms with Crippen LogP contribution in [-0.4, -0.2) is 18.9 Å². The second-order valence-corrected chi connectivity index (χ2v) is 2.71. The van der Waals surface area contributed by atoms with Crippen molar-refractivity contribution in [3.8, 4) is 0 Å². The van der Waals surface area contributed by atoms with Gasteiger partial charge >= 0.3 is 0 Å². The number of ketones is 1. The Balaban J connectivity index is 2.30. The fraction of sp³-hybridized carbons (Fsp3) is 0.375. The minimum absolute atomic E-state index is 0.238. The van der Waals surface area contributed by atoms with Crippen LogP contribution in [0, 0.1) is 0 Å². The first kappa shape index (κ1) is 5.86. The van der Waals surface area contributed by atoms with E-state index in [9.17, 15) is 4.79 Å². The van der Waals surface area contributed by atoms with Crippen molar-refractivity contribution < 1.29 is 4.79 Å². The van der Waals surface area contributed by atoms with Gasteiger partial charge in [-0.2, -0.15) is 0 Å². The van der Waals surface area contributed by atoms with Crippen molar-refractivity contribution >= 4 is 5.78 Å². The molecule has 1 N–H and O–H groups in total. The summed E-state index contributed by atoms with van der Waals surface area (Å²) in [6, 6.07) is 0. The van der Waals surface area contributed by atoms with Crippen LogP contribution in [0.3, 0.4) is 0 Å². The number of rotatable bonds is 0. The number of hydrogen-bond donors (Lipinski definition) is 1. The van der Waals surface area contributed by atoms with Gasteiger partial charge in [0.25, 0.3) is 0 Å². The van der Waals surface area contributed by atoms with E-state index in [0.29, 0.717) is 6.42 Å². The molecule has 0 bridgehead atoms. The highest BCUT2D eigenvalue weighted by atomic mass is 16.1. The standard InChI is InChI=1S/C8H9NO/c10-8-2-1-6-4-9-5-7(6)3-8/h1-2,9H,3-5H2. The van der Waals surface area contributed by atoms with Gasteiger partial charge in [-0.15, -0.1) is 0 Å². The summed E-state index contributed by atoms with van der Waals surface area (Å²) in [6.45, 7) is 1.85. The lowest BCUT2D eigenvalue weighted by Gasteiger charge is -2.04. The monoisotopic (exact) mass is 135 g/mol. The minimum atomic E-state index is 0.238. The van der Waals surface area contributed by atoms with Gasteiger partial charge in [-0.1, -0.05) is 6.08 Å². The summed E-state index contributed by atoms with van der Waals surface area (Å²) in [5.74, 6) is 0.238. The fourth-order valence-electron chi connectivity index (χ4n) is 1.40. The molecule has 0 fully saturated rings. The van der Waals surface area contributed by atoms with Crippen LogP contribution in [0.1, 0.15) is 6.42 Å². The van der Waals surface area contributed by atoms with Crippen molar-refractivity contribution in [2.45, 2.75) is 6.42 Å². The van der Waals surface area contributed by atoms with E-state index in [4.69, 9.17) is 0 Å². The lowest BCUT2D eigenvalue weighted by molar-refractivity contribution is -0.114. The van der Waals surface area contributed by atoms with Crippen LogP contribution in [0.25, 0.3) is 0 Å². The van der Waals surface area contributed by atoms with Crippen LogP contribution >= 0.6 is 0 Å². The average molecular weight is 135 g/mol. The van der Waals surface area contributed by atoms with E-state index in [1.54, 1.807) is 6.08 Å². The summed E-state index contributed by atoms with van der Waals surface area (Å²) in [4.78, 5) is 10.9. The normalized spacial score (nSPS) is 23.8. The molecule has 1 aliphatic carbocycles. The molecule has 1 aliphatic heterocycles. The van der Waals surface area contributed by atoms with Crippen molar-refractivity contribution in [2.24, 2.45) is 0 Å². The molecule has 0 aromatic rings. The van der Waals surface area contributed by atoms with Crippen LogP contribution in [0.15, 0.2) is 23.3 Å². The second-order valence-electron chi connectivity index (χ2n) is 2.71. The summed E-state index contributed by atoms with van der Waals surface area (Å²) in [6.07, 6.45) is 4.24. The Labute approximate surface area is 59.6 Å². The Bertz CT molecular complexity index is 238. The van der Waals surface area contributed by atoms with Crippen LogP contribution in [0.2, 0.25) is 0 Å². The highest BCUT2D eigenvalue weighted by Gasteiger charge is 2.17. The van der Waals surface area contributed by atoms with Crippen molar-refractivity contribution in [3.05, 3.63) is 23.3 Å². The zero-order chi connectivity index (χ0) is 6.97. The Morgan fingerprint density at radius 1 is 1.30 bits per heavy atom. The number of carbonyl (C=O) groups is 1. The highest BCUT2D eigenvalue weighted by Crippen LogP contribution is 2.19. The van der Waals surface area contributed by atoms with Crippen LogP contribution < -0.4 is 5.32 Å². The molecule has 0 saturated heterocycles. The van der Waals surface area contributed by atoms with Gasteiger partial charge in [0.1, 0.15) is 0 Å². The van der Waals surface area contributed by atoms with Gasteiger partial charge in [0.05, 0.1) is 0 Å². The van der Waals surface area contributed by atoms with Crippen molar-refractivity contribution in [3.63, 3.8) is 0 Å². The maximum Gasteiger partial charge on any atom is 0.159 e. The summed E-state index contributed by atoms with van der Waals surface area (Å²) < 4.78 is 0. The number of nitrogens with one attached hydrogen (secondary N) is 1. The van der Waals surface area contributed by atoms with Crippen molar-refractivity contribution in [1.29, 1.82) is 0 Å². The van der Waals surface area contributed by atoms with Gasteiger partial charge in [-0.3, -0.25) is 4.79 Å². The predicted molar refractivity (Wildman–Crippen MR) is 38.7 cm³/mol. The van der Waals surface area contributed by atoms with Crippen LogP contribution in [0.5, 0.6) is 0 Å². The first-order valence-electron chi connectivity index (χ1n) is 3.49. The third kappa shape index (κ3) is 0.809. The topological polar surface area (TPSA) is 29.1 Å². The SMILES string of the molecule is O=C1C=CC2=C(CNC2)C1.